The van der Waals surface area contributed by atoms with E-state index in [4.69, 9.17) is 0 Å². The lowest BCUT2D eigenvalue weighted by molar-refractivity contribution is 0.466. The van der Waals surface area contributed by atoms with Gasteiger partial charge in [-0.15, -0.1) is 0 Å². The molecule has 1 N–H and O–H groups in total. The SMILES string of the molecule is CCn1ncc(NCc2cnn(C3CCCC3)c2)c1C. The topological polar surface area (TPSA) is 47.7 Å². The van der Waals surface area contributed by atoms with Crippen LogP contribution in [0.1, 0.15) is 49.9 Å². The highest BCUT2D eigenvalue weighted by molar-refractivity contribution is 5.46. The Bertz CT molecular complexity index is 563. The molecule has 1 fully saturated rings. The Hall–Kier alpha value is -1.78. The summed E-state index contributed by atoms with van der Waals surface area (Å²) in [7, 11) is 0. The molecule has 20 heavy (non-hydrogen) atoms. The van der Waals surface area contributed by atoms with Crippen molar-refractivity contribution < 1.29 is 0 Å². The quantitative estimate of drug-likeness (QED) is 0.910. The average molecular weight is 273 g/mol. The van der Waals surface area contributed by atoms with Crippen LogP contribution in [0.25, 0.3) is 0 Å². The Morgan fingerprint density at radius 3 is 2.75 bits per heavy atom. The van der Waals surface area contributed by atoms with Gasteiger partial charge >= 0.3 is 0 Å². The largest absolute Gasteiger partial charge is 0.378 e. The zero-order valence-electron chi connectivity index (χ0n) is 12.3. The van der Waals surface area contributed by atoms with Gasteiger partial charge in [-0.25, -0.2) is 0 Å². The van der Waals surface area contributed by atoms with Crippen molar-refractivity contribution in [1.82, 2.24) is 19.6 Å². The number of anilines is 1. The fourth-order valence-corrected chi connectivity index (χ4v) is 2.97. The van der Waals surface area contributed by atoms with Gasteiger partial charge in [-0.3, -0.25) is 9.36 Å². The molecule has 0 aliphatic heterocycles. The van der Waals surface area contributed by atoms with Crippen LogP contribution in [0.15, 0.2) is 18.6 Å². The van der Waals surface area contributed by atoms with Gasteiger partial charge < -0.3 is 5.32 Å². The molecular formula is C15H23N5. The maximum absolute atomic E-state index is 4.51. The first kappa shape index (κ1) is 13.2. The fourth-order valence-electron chi connectivity index (χ4n) is 2.97. The second-order valence-corrected chi connectivity index (χ2v) is 5.58. The molecule has 0 radical (unpaired) electrons. The molecule has 0 atom stereocenters. The number of nitrogens with one attached hydrogen (secondary N) is 1. The van der Waals surface area contributed by atoms with Crippen molar-refractivity contribution in [1.29, 1.82) is 0 Å². The minimum absolute atomic E-state index is 0.619. The summed E-state index contributed by atoms with van der Waals surface area (Å²) in [5.41, 5.74) is 3.54. The predicted molar refractivity (Wildman–Crippen MR) is 79.7 cm³/mol. The van der Waals surface area contributed by atoms with Crippen molar-refractivity contribution in [2.45, 2.75) is 58.7 Å². The summed E-state index contributed by atoms with van der Waals surface area (Å²) < 4.78 is 4.15. The van der Waals surface area contributed by atoms with Crippen LogP contribution >= 0.6 is 0 Å². The molecule has 1 aliphatic rings. The van der Waals surface area contributed by atoms with E-state index in [0.29, 0.717) is 6.04 Å². The summed E-state index contributed by atoms with van der Waals surface area (Å²) in [4.78, 5) is 0. The van der Waals surface area contributed by atoms with Gasteiger partial charge in [0, 0.05) is 24.8 Å². The summed E-state index contributed by atoms with van der Waals surface area (Å²) in [5.74, 6) is 0. The van der Waals surface area contributed by atoms with Crippen LogP contribution < -0.4 is 5.32 Å². The van der Waals surface area contributed by atoms with Crippen molar-refractivity contribution in [2.24, 2.45) is 0 Å². The van der Waals surface area contributed by atoms with Crippen LogP contribution in [0, 0.1) is 6.92 Å². The molecular weight excluding hydrogens is 250 g/mol. The van der Waals surface area contributed by atoms with Crippen molar-refractivity contribution in [3.05, 3.63) is 29.8 Å². The van der Waals surface area contributed by atoms with Gasteiger partial charge in [-0.05, 0) is 26.7 Å². The molecule has 0 spiro atoms. The Balaban J connectivity index is 1.62. The monoisotopic (exact) mass is 273 g/mol. The molecule has 0 bridgehead atoms. The Morgan fingerprint density at radius 2 is 2.05 bits per heavy atom. The van der Waals surface area contributed by atoms with E-state index in [1.165, 1.54) is 36.9 Å². The molecule has 5 nitrogen and oxygen atoms in total. The van der Waals surface area contributed by atoms with E-state index in [9.17, 15) is 0 Å². The summed E-state index contributed by atoms with van der Waals surface area (Å²) in [6.45, 7) is 5.92. The zero-order valence-corrected chi connectivity index (χ0v) is 12.3. The number of nitrogens with zero attached hydrogens (tertiary/aromatic N) is 4. The molecule has 2 heterocycles. The van der Waals surface area contributed by atoms with Gasteiger partial charge in [0.2, 0.25) is 0 Å². The highest BCUT2D eigenvalue weighted by Gasteiger charge is 2.17. The number of hydrogen-bond donors (Lipinski definition) is 1. The van der Waals surface area contributed by atoms with Crippen molar-refractivity contribution in [3.63, 3.8) is 0 Å². The summed E-state index contributed by atoms with van der Waals surface area (Å²) >= 11 is 0. The van der Waals surface area contributed by atoms with Crippen molar-refractivity contribution in [2.75, 3.05) is 5.32 Å². The summed E-state index contributed by atoms with van der Waals surface area (Å²) in [5, 5.41) is 12.3. The summed E-state index contributed by atoms with van der Waals surface area (Å²) in [6, 6.07) is 0.619. The Labute approximate surface area is 120 Å². The number of rotatable bonds is 5. The van der Waals surface area contributed by atoms with E-state index >= 15 is 0 Å². The number of aromatic nitrogens is 4. The zero-order chi connectivity index (χ0) is 13.9. The maximum Gasteiger partial charge on any atom is 0.0758 e. The summed E-state index contributed by atoms with van der Waals surface area (Å²) in [6.07, 6.45) is 11.3. The first-order valence-corrected chi connectivity index (χ1v) is 7.57. The van der Waals surface area contributed by atoms with Gasteiger partial charge in [0.15, 0.2) is 0 Å². The van der Waals surface area contributed by atoms with Crippen LogP contribution in [0.4, 0.5) is 5.69 Å². The average Bonchev–Trinajstić information content (AvgIpc) is 3.17. The van der Waals surface area contributed by atoms with Crippen molar-refractivity contribution >= 4 is 5.69 Å². The highest BCUT2D eigenvalue weighted by Crippen LogP contribution is 2.28. The molecule has 0 amide bonds. The Morgan fingerprint density at radius 1 is 1.25 bits per heavy atom. The predicted octanol–water partition coefficient (Wildman–Crippen LogP) is 3.14. The second kappa shape index (κ2) is 5.69. The number of hydrogen-bond acceptors (Lipinski definition) is 3. The minimum Gasteiger partial charge on any atom is -0.378 e. The molecule has 2 aromatic heterocycles. The lowest BCUT2D eigenvalue weighted by atomic mass is 10.2. The highest BCUT2D eigenvalue weighted by atomic mass is 15.3. The second-order valence-electron chi connectivity index (χ2n) is 5.58. The van der Waals surface area contributed by atoms with E-state index < -0.39 is 0 Å². The lowest BCUT2D eigenvalue weighted by Crippen LogP contribution is -2.05. The van der Waals surface area contributed by atoms with Gasteiger partial charge in [0.25, 0.3) is 0 Å². The van der Waals surface area contributed by atoms with Crippen LogP contribution in [0.2, 0.25) is 0 Å². The first-order chi connectivity index (χ1) is 9.78. The van der Waals surface area contributed by atoms with E-state index in [1.54, 1.807) is 0 Å². The fraction of sp³-hybridized carbons (Fsp3) is 0.600. The minimum atomic E-state index is 0.619. The van der Waals surface area contributed by atoms with Crippen molar-refractivity contribution in [3.8, 4) is 0 Å². The van der Waals surface area contributed by atoms with Crippen LogP contribution in [0.5, 0.6) is 0 Å². The molecule has 1 saturated carbocycles. The van der Waals surface area contributed by atoms with Gasteiger partial charge in [0.05, 0.1) is 29.8 Å². The molecule has 5 heteroatoms. The molecule has 0 saturated heterocycles. The third-order valence-electron chi connectivity index (χ3n) is 4.24. The van der Waals surface area contributed by atoms with E-state index in [2.05, 4.69) is 40.2 Å². The van der Waals surface area contributed by atoms with Crippen LogP contribution in [-0.4, -0.2) is 19.6 Å². The Kier molecular flexibility index (Phi) is 3.76. The molecule has 1 aliphatic carbocycles. The molecule has 2 aromatic rings. The van der Waals surface area contributed by atoms with E-state index in [-0.39, 0.29) is 0 Å². The van der Waals surface area contributed by atoms with Gasteiger partial charge in [-0.2, -0.15) is 10.2 Å². The number of aryl methyl sites for hydroxylation is 1. The van der Waals surface area contributed by atoms with Crippen LogP contribution in [-0.2, 0) is 13.1 Å². The molecule has 0 unspecified atom stereocenters. The van der Waals surface area contributed by atoms with E-state index in [1.807, 2.05) is 17.1 Å². The molecule has 108 valence electrons. The van der Waals surface area contributed by atoms with Gasteiger partial charge in [-0.1, -0.05) is 12.8 Å². The van der Waals surface area contributed by atoms with Crippen LogP contribution in [0.3, 0.4) is 0 Å². The first-order valence-electron chi connectivity index (χ1n) is 7.57. The van der Waals surface area contributed by atoms with E-state index in [0.717, 1.165) is 18.8 Å². The van der Waals surface area contributed by atoms with Gasteiger partial charge in [0.1, 0.15) is 0 Å². The lowest BCUT2D eigenvalue weighted by Gasteiger charge is -2.08. The third kappa shape index (κ3) is 2.57. The standard InChI is InChI=1S/C15H23N5/c1-3-19-12(2)15(10-18-19)16-8-13-9-17-20(11-13)14-6-4-5-7-14/h9-11,14,16H,3-8H2,1-2H3. The smallest absolute Gasteiger partial charge is 0.0758 e. The molecule has 0 aromatic carbocycles. The maximum atomic E-state index is 4.51. The normalized spacial score (nSPS) is 15.9. The molecule has 3 rings (SSSR count). The third-order valence-corrected chi connectivity index (χ3v) is 4.24.